The highest BCUT2D eigenvalue weighted by molar-refractivity contribution is 7.52. The first-order valence-corrected chi connectivity index (χ1v) is 22.6. The van der Waals surface area contributed by atoms with Gasteiger partial charge in [0, 0.05) is 72.4 Å². The molecule has 4 fully saturated rings. The summed E-state index contributed by atoms with van der Waals surface area (Å²) in [4.78, 5) is 93.7. The molecule has 4 aliphatic heterocycles. The Hall–Kier alpha value is -5.29. The van der Waals surface area contributed by atoms with Gasteiger partial charge in [-0.05, 0) is 85.9 Å². The zero-order valence-corrected chi connectivity index (χ0v) is 34.9. The van der Waals surface area contributed by atoms with E-state index >= 15 is 0 Å². The van der Waals surface area contributed by atoms with Crippen molar-refractivity contribution in [3.05, 3.63) is 88.6 Å². The SMILES string of the molecule is CN(CCOc1ccc(C2CCC(=O)NC2=O)cc1)c1ccncc1C1CN(C(=O)[C@@H]2CC[C@@H]3CCC[C@H](NC(=O)c4cc5cc(C(F)(F)P(=O)(O)O)ccc5s4)C(=O)N32)C1. The summed E-state index contributed by atoms with van der Waals surface area (Å²) in [6.45, 7) is 1.85. The van der Waals surface area contributed by atoms with Crippen molar-refractivity contribution in [1.29, 1.82) is 0 Å². The molecule has 0 aliphatic carbocycles. The van der Waals surface area contributed by atoms with E-state index in [0.717, 1.165) is 40.3 Å². The zero-order valence-electron chi connectivity index (χ0n) is 33.2. The molecule has 4 aliphatic rings. The smallest absolute Gasteiger partial charge is 0.399 e. The summed E-state index contributed by atoms with van der Waals surface area (Å²) in [5, 5.41) is 5.41. The second-order valence-electron chi connectivity index (χ2n) is 16.1. The first-order valence-electron chi connectivity index (χ1n) is 20.2. The number of hydrogen-bond acceptors (Lipinski definition) is 10. The molecule has 0 radical (unpaired) electrons. The highest BCUT2D eigenvalue weighted by Gasteiger charge is 2.51. The molecule has 1 unspecified atom stereocenters. The molecule has 15 nitrogen and oxygen atoms in total. The summed E-state index contributed by atoms with van der Waals surface area (Å²) in [6.07, 6.45) is 7.21. The van der Waals surface area contributed by atoms with Crippen molar-refractivity contribution in [2.45, 2.75) is 80.6 Å². The number of likely N-dealkylation sites (N-methyl/N-ethyl adjacent to an activating group) is 1. The van der Waals surface area contributed by atoms with Gasteiger partial charge < -0.3 is 34.5 Å². The van der Waals surface area contributed by atoms with Crippen LogP contribution < -0.4 is 20.3 Å². The number of likely N-dealkylation sites (tertiary alicyclic amines) is 1. The van der Waals surface area contributed by atoms with Gasteiger partial charge in [0.1, 0.15) is 24.4 Å². The third kappa shape index (κ3) is 8.50. The Morgan fingerprint density at radius 2 is 1.80 bits per heavy atom. The van der Waals surface area contributed by atoms with E-state index in [0.29, 0.717) is 81.6 Å². The van der Waals surface area contributed by atoms with Crippen molar-refractivity contribution in [1.82, 2.24) is 25.4 Å². The number of thiophene rings is 1. The Morgan fingerprint density at radius 3 is 2.54 bits per heavy atom. The minimum absolute atomic E-state index is 0.0281. The van der Waals surface area contributed by atoms with Gasteiger partial charge in [0.2, 0.25) is 23.6 Å². The van der Waals surface area contributed by atoms with Crippen LogP contribution in [0.4, 0.5) is 14.5 Å². The Balaban J connectivity index is 0.858. The number of alkyl halides is 2. The highest BCUT2D eigenvalue weighted by Crippen LogP contribution is 2.59. The number of carbonyl (C=O) groups is 5. The molecule has 322 valence electrons. The fourth-order valence-electron chi connectivity index (χ4n) is 8.83. The molecule has 4 aromatic rings. The molecule has 19 heteroatoms. The van der Waals surface area contributed by atoms with Crippen molar-refractivity contribution in [2.24, 2.45) is 0 Å². The number of benzene rings is 2. The van der Waals surface area contributed by atoms with Crippen LogP contribution in [0.25, 0.3) is 10.1 Å². The van der Waals surface area contributed by atoms with Crippen LogP contribution in [0.1, 0.15) is 83.1 Å². The number of halogens is 2. The molecular weight excluding hydrogens is 834 g/mol. The van der Waals surface area contributed by atoms with Gasteiger partial charge in [-0.2, -0.15) is 8.78 Å². The zero-order chi connectivity index (χ0) is 43.2. The maximum atomic E-state index is 14.4. The predicted octanol–water partition coefficient (Wildman–Crippen LogP) is 4.83. The van der Waals surface area contributed by atoms with Crippen LogP contribution >= 0.6 is 18.9 Å². The fourth-order valence-corrected chi connectivity index (χ4v) is 10.3. The van der Waals surface area contributed by atoms with E-state index in [1.165, 1.54) is 12.1 Å². The summed E-state index contributed by atoms with van der Waals surface area (Å²) in [5.74, 6) is -1.27. The van der Waals surface area contributed by atoms with Gasteiger partial charge in [-0.25, -0.2) is 0 Å². The Kier molecular flexibility index (Phi) is 11.7. The lowest BCUT2D eigenvalue weighted by Gasteiger charge is -2.43. The van der Waals surface area contributed by atoms with Crippen LogP contribution in [0.5, 0.6) is 5.75 Å². The predicted molar refractivity (Wildman–Crippen MR) is 220 cm³/mol. The summed E-state index contributed by atoms with van der Waals surface area (Å²) in [7, 11) is -3.82. The summed E-state index contributed by atoms with van der Waals surface area (Å²) in [6, 6.07) is 12.1. The largest absolute Gasteiger partial charge is 0.492 e. The highest BCUT2D eigenvalue weighted by atomic mass is 32.1. The van der Waals surface area contributed by atoms with Gasteiger partial charge in [0.15, 0.2) is 0 Å². The third-order valence-electron chi connectivity index (χ3n) is 12.2. The second kappa shape index (κ2) is 16.9. The summed E-state index contributed by atoms with van der Waals surface area (Å²) < 4.78 is 46.6. The molecule has 4 atom stereocenters. The number of hydrogen-bond donors (Lipinski definition) is 4. The number of nitrogens with one attached hydrogen (secondary N) is 2. The molecule has 2 aromatic heterocycles. The van der Waals surface area contributed by atoms with Gasteiger partial charge in [-0.1, -0.05) is 18.2 Å². The van der Waals surface area contributed by atoms with Crippen molar-refractivity contribution in [3.8, 4) is 5.75 Å². The summed E-state index contributed by atoms with van der Waals surface area (Å²) in [5.41, 5.74) is -2.48. The van der Waals surface area contributed by atoms with Crippen molar-refractivity contribution >= 4 is 64.2 Å². The molecule has 0 saturated carbocycles. The Bertz CT molecular complexity index is 2420. The van der Waals surface area contributed by atoms with E-state index in [4.69, 9.17) is 14.5 Å². The van der Waals surface area contributed by atoms with Crippen LogP contribution in [0.3, 0.4) is 0 Å². The number of pyridine rings is 1. The van der Waals surface area contributed by atoms with Gasteiger partial charge in [0.25, 0.3) is 5.91 Å². The molecule has 61 heavy (non-hydrogen) atoms. The van der Waals surface area contributed by atoms with Crippen LogP contribution in [-0.4, -0.2) is 106 Å². The minimum atomic E-state index is -5.78. The number of rotatable bonds is 12. The Labute approximate surface area is 353 Å². The molecule has 4 N–H and O–H groups in total. The van der Waals surface area contributed by atoms with Gasteiger partial charge in [0.05, 0.1) is 17.3 Å². The van der Waals surface area contributed by atoms with Gasteiger partial charge >= 0.3 is 13.3 Å². The quantitative estimate of drug-likeness (QED) is 0.112. The molecular formula is C42H45F2N6O9PS. The van der Waals surface area contributed by atoms with Gasteiger partial charge in [-0.15, -0.1) is 11.3 Å². The molecule has 5 amide bonds. The lowest BCUT2D eigenvalue weighted by Crippen LogP contribution is -2.58. The van der Waals surface area contributed by atoms with Crippen molar-refractivity contribution in [3.63, 3.8) is 0 Å². The molecule has 0 bridgehead atoms. The van der Waals surface area contributed by atoms with E-state index in [1.807, 2.05) is 43.6 Å². The number of amides is 5. The molecule has 6 heterocycles. The minimum Gasteiger partial charge on any atom is -0.492 e. The van der Waals surface area contributed by atoms with Crippen LogP contribution in [0.2, 0.25) is 0 Å². The monoisotopic (exact) mass is 878 g/mol. The molecule has 4 saturated heterocycles. The number of imide groups is 1. The number of fused-ring (bicyclic) bond motifs is 2. The van der Waals surface area contributed by atoms with Crippen molar-refractivity contribution in [2.75, 3.05) is 38.2 Å². The van der Waals surface area contributed by atoms with E-state index in [1.54, 1.807) is 16.0 Å². The van der Waals surface area contributed by atoms with E-state index < -0.39 is 36.8 Å². The van der Waals surface area contributed by atoms with E-state index in [9.17, 15) is 37.3 Å². The van der Waals surface area contributed by atoms with Gasteiger partial charge in [-0.3, -0.25) is 38.8 Å². The number of carbonyl (C=O) groups excluding carboxylic acids is 5. The lowest BCUT2D eigenvalue weighted by molar-refractivity contribution is -0.148. The van der Waals surface area contributed by atoms with Crippen LogP contribution in [-0.2, 0) is 29.4 Å². The second-order valence-corrected chi connectivity index (χ2v) is 18.8. The first-order chi connectivity index (χ1) is 29.1. The maximum Gasteiger partial charge on any atom is 0.399 e. The average Bonchev–Trinajstić information content (AvgIpc) is 3.81. The topological polar surface area (TPSA) is 199 Å². The van der Waals surface area contributed by atoms with E-state index in [-0.39, 0.29) is 51.8 Å². The number of nitrogens with zero attached hydrogens (tertiary/aromatic N) is 4. The number of anilines is 1. The third-order valence-corrected chi connectivity index (χ3v) is 14.3. The van der Waals surface area contributed by atoms with Crippen LogP contribution in [0.15, 0.2) is 67.0 Å². The average molecular weight is 879 g/mol. The molecule has 2 aromatic carbocycles. The normalized spacial score (nSPS) is 22.3. The molecule has 0 spiro atoms. The number of aromatic nitrogens is 1. The Morgan fingerprint density at radius 1 is 1.03 bits per heavy atom. The maximum absolute atomic E-state index is 14.4. The van der Waals surface area contributed by atoms with Crippen molar-refractivity contribution < 1.29 is 51.8 Å². The fraction of sp³-hybridized carbons (Fsp3) is 0.429. The lowest BCUT2D eigenvalue weighted by atomic mass is 9.90. The standard InChI is InChI=1S/C42H45F2N6O9PS/c1-48(17-18-59-29-9-5-24(6-10-29)30-11-14-37(51)47-38(30)52)33-15-16-45-21-31(33)26-22-49(23-26)41(55)34-12-8-28-3-2-4-32(40(54)50(28)34)46-39(53)36-20-25-19-27(7-13-35(25)61-36)42(43,44)60(56,57)58/h5-7,9-10,13,15-16,19-21,26,28,30,32,34H,2-4,8,11-12,14,17-18,22-23H2,1H3,(H,46,53)(H,47,51,52)(H2,56,57,58)/t28-,30?,32-,34-/m0/s1. The van der Waals surface area contributed by atoms with E-state index in [2.05, 4.69) is 20.5 Å². The number of piperidine rings is 1. The first kappa shape index (κ1) is 42.4. The van der Waals surface area contributed by atoms with Crippen LogP contribution in [0, 0.1) is 0 Å². The summed E-state index contributed by atoms with van der Waals surface area (Å²) >= 11 is 1.01. The number of ether oxygens (including phenoxy) is 1. The molecule has 8 rings (SSSR count).